The van der Waals surface area contributed by atoms with Crippen LogP contribution in [0.4, 0.5) is 11.4 Å². The molecule has 0 bridgehead atoms. The molecule has 1 aromatic rings. The number of nitrogens with zero attached hydrogens (tertiary/aromatic N) is 1. The fourth-order valence-corrected chi connectivity index (χ4v) is 3.12. The Balaban J connectivity index is 1.93. The third-order valence-corrected chi connectivity index (χ3v) is 4.29. The number of thioether (sulfide) groups is 1. The Labute approximate surface area is 125 Å². The summed E-state index contributed by atoms with van der Waals surface area (Å²) in [5, 5.41) is 16.6. The molecule has 8 heteroatoms. The second-order valence-corrected chi connectivity index (χ2v) is 5.96. The highest BCUT2D eigenvalue weighted by Gasteiger charge is 2.18. The van der Waals surface area contributed by atoms with Crippen LogP contribution in [0.1, 0.15) is 6.42 Å². The molecule has 0 aliphatic carbocycles. The van der Waals surface area contributed by atoms with Crippen molar-refractivity contribution in [2.75, 3.05) is 23.4 Å². The van der Waals surface area contributed by atoms with Gasteiger partial charge in [-0.15, -0.1) is 0 Å². The van der Waals surface area contributed by atoms with Crippen molar-refractivity contribution in [2.45, 2.75) is 12.5 Å². The maximum absolute atomic E-state index is 11.9. The van der Waals surface area contributed by atoms with Crippen LogP contribution in [0.15, 0.2) is 18.2 Å². The Hall–Kier alpha value is -1.31. The van der Waals surface area contributed by atoms with Crippen LogP contribution < -0.4 is 10.6 Å². The van der Waals surface area contributed by atoms with E-state index in [0.717, 1.165) is 18.1 Å². The van der Waals surface area contributed by atoms with Crippen molar-refractivity contribution in [3.63, 3.8) is 0 Å². The molecule has 2 N–H and O–H groups in total. The highest BCUT2D eigenvalue weighted by Crippen LogP contribution is 2.27. The lowest BCUT2D eigenvalue weighted by Gasteiger charge is -2.22. The molecule has 0 saturated carbocycles. The molecule has 1 atom stereocenters. The van der Waals surface area contributed by atoms with E-state index in [1.807, 2.05) is 11.8 Å². The summed E-state index contributed by atoms with van der Waals surface area (Å²) in [6.45, 7) is 0.909. The van der Waals surface area contributed by atoms with Crippen molar-refractivity contribution >= 4 is 40.6 Å². The Morgan fingerprint density at radius 3 is 3.00 bits per heavy atom. The molecule has 0 radical (unpaired) electrons. The number of nitro groups is 1. The normalized spacial score (nSPS) is 18.6. The quantitative estimate of drug-likeness (QED) is 0.658. The predicted octanol–water partition coefficient (Wildman–Crippen LogP) is 2.28. The zero-order valence-corrected chi connectivity index (χ0v) is 12.2. The van der Waals surface area contributed by atoms with Crippen LogP contribution >= 0.6 is 23.4 Å². The topological polar surface area (TPSA) is 84.3 Å². The van der Waals surface area contributed by atoms with E-state index in [1.54, 1.807) is 0 Å². The molecule has 1 fully saturated rings. The molecule has 6 nitrogen and oxygen atoms in total. The summed E-state index contributed by atoms with van der Waals surface area (Å²) in [6, 6.07) is 4.32. The minimum atomic E-state index is -0.558. The van der Waals surface area contributed by atoms with E-state index in [2.05, 4.69) is 10.6 Å². The van der Waals surface area contributed by atoms with E-state index < -0.39 is 4.92 Å². The zero-order valence-electron chi connectivity index (χ0n) is 10.6. The first-order valence-electron chi connectivity index (χ1n) is 6.11. The van der Waals surface area contributed by atoms with Gasteiger partial charge in [-0.1, -0.05) is 11.6 Å². The molecule has 0 aromatic heterocycles. The molecule has 1 saturated heterocycles. The van der Waals surface area contributed by atoms with Gasteiger partial charge in [-0.2, -0.15) is 11.8 Å². The number of amides is 1. The first-order valence-corrected chi connectivity index (χ1v) is 7.64. The van der Waals surface area contributed by atoms with Crippen LogP contribution in [0.2, 0.25) is 5.02 Å². The number of halogens is 1. The second kappa shape index (κ2) is 6.92. The molecular weight excluding hydrogens is 302 g/mol. The van der Waals surface area contributed by atoms with E-state index in [1.165, 1.54) is 18.2 Å². The minimum Gasteiger partial charge on any atom is -0.326 e. The molecule has 1 aromatic carbocycles. The van der Waals surface area contributed by atoms with Crippen LogP contribution in [-0.2, 0) is 4.79 Å². The monoisotopic (exact) mass is 315 g/mol. The summed E-state index contributed by atoms with van der Waals surface area (Å²) in [5.74, 6) is 1.85. The molecule has 1 amide bonds. The fourth-order valence-electron chi connectivity index (χ4n) is 1.92. The number of benzene rings is 1. The average Bonchev–Trinajstić information content (AvgIpc) is 2.39. The number of carbonyl (C=O) groups excluding carboxylic acids is 1. The van der Waals surface area contributed by atoms with Gasteiger partial charge in [0.2, 0.25) is 5.91 Å². The number of carbonyl (C=O) groups is 1. The first-order chi connectivity index (χ1) is 9.56. The number of nitrogens with one attached hydrogen (secondary N) is 2. The largest absolute Gasteiger partial charge is 0.326 e. The smallest absolute Gasteiger partial charge is 0.288 e. The van der Waals surface area contributed by atoms with E-state index >= 15 is 0 Å². The van der Waals surface area contributed by atoms with Gasteiger partial charge in [0.1, 0.15) is 5.02 Å². The van der Waals surface area contributed by atoms with E-state index in [0.29, 0.717) is 12.1 Å². The van der Waals surface area contributed by atoms with E-state index in [4.69, 9.17) is 11.6 Å². The molecule has 0 spiro atoms. The number of rotatable bonds is 4. The maximum atomic E-state index is 11.9. The van der Waals surface area contributed by atoms with Crippen LogP contribution in [0.3, 0.4) is 0 Å². The number of hydrogen-bond donors (Lipinski definition) is 2. The Morgan fingerprint density at radius 2 is 2.40 bits per heavy atom. The summed E-state index contributed by atoms with van der Waals surface area (Å²) in [6.07, 6.45) is 0.377. The third-order valence-electron chi connectivity index (χ3n) is 2.86. The average molecular weight is 316 g/mol. The highest BCUT2D eigenvalue weighted by atomic mass is 35.5. The molecule has 1 unspecified atom stereocenters. The molecule has 20 heavy (non-hydrogen) atoms. The molecule has 1 aliphatic rings. The van der Waals surface area contributed by atoms with Crippen LogP contribution in [-0.4, -0.2) is 34.9 Å². The molecule has 108 valence electrons. The van der Waals surface area contributed by atoms with Crippen molar-refractivity contribution in [3.05, 3.63) is 33.3 Å². The van der Waals surface area contributed by atoms with Gasteiger partial charge in [-0.05, 0) is 12.1 Å². The van der Waals surface area contributed by atoms with Gasteiger partial charge in [-0.3, -0.25) is 14.9 Å². The van der Waals surface area contributed by atoms with Gasteiger partial charge in [-0.25, -0.2) is 0 Å². The molecular formula is C12H14ClN3O3S. The summed E-state index contributed by atoms with van der Waals surface area (Å²) >= 11 is 7.61. The number of hydrogen-bond acceptors (Lipinski definition) is 5. The molecule has 1 aliphatic heterocycles. The fraction of sp³-hybridized carbons (Fsp3) is 0.417. The van der Waals surface area contributed by atoms with Crippen molar-refractivity contribution in [1.82, 2.24) is 5.32 Å². The van der Waals surface area contributed by atoms with Gasteiger partial charge < -0.3 is 10.6 Å². The minimum absolute atomic E-state index is 0.0131. The lowest BCUT2D eigenvalue weighted by molar-refractivity contribution is -0.384. The van der Waals surface area contributed by atoms with E-state index in [9.17, 15) is 14.9 Å². The Kier molecular flexibility index (Phi) is 5.22. The highest BCUT2D eigenvalue weighted by molar-refractivity contribution is 7.99. The lowest BCUT2D eigenvalue weighted by atomic mass is 10.2. The van der Waals surface area contributed by atoms with Gasteiger partial charge >= 0.3 is 0 Å². The van der Waals surface area contributed by atoms with Gasteiger partial charge in [0.05, 0.1) is 4.92 Å². The number of nitro benzene ring substituents is 1. The summed E-state index contributed by atoms with van der Waals surface area (Å²) in [7, 11) is 0. The van der Waals surface area contributed by atoms with Crippen molar-refractivity contribution in [2.24, 2.45) is 0 Å². The summed E-state index contributed by atoms with van der Waals surface area (Å²) < 4.78 is 0. The van der Waals surface area contributed by atoms with Crippen LogP contribution in [0.5, 0.6) is 0 Å². The van der Waals surface area contributed by atoms with Gasteiger partial charge in [0.25, 0.3) is 5.69 Å². The van der Waals surface area contributed by atoms with E-state index in [-0.39, 0.29) is 22.7 Å². The second-order valence-electron chi connectivity index (χ2n) is 4.40. The van der Waals surface area contributed by atoms with Gasteiger partial charge in [0.15, 0.2) is 0 Å². The standard InChI is InChI=1S/C12H14ClN3O3S/c13-10-5-8(1-2-11(10)16(18)19)15-12(17)6-9-7-20-4-3-14-9/h1-2,5,9,14H,3-4,6-7H2,(H,15,17). The SMILES string of the molecule is O=C(CC1CSCCN1)Nc1ccc([N+](=O)[O-])c(Cl)c1. The van der Waals surface area contributed by atoms with Gasteiger partial charge in [0, 0.05) is 42.3 Å². The Morgan fingerprint density at radius 1 is 1.60 bits per heavy atom. The van der Waals surface area contributed by atoms with Crippen LogP contribution in [0, 0.1) is 10.1 Å². The summed E-state index contributed by atoms with van der Waals surface area (Å²) in [4.78, 5) is 22.0. The molecule has 1 heterocycles. The zero-order chi connectivity index (χ0) is 14.5. The number of anilines is 1. The maximum Gasteiger partial charge on any atom is 0.288 e. The third kappa shape index (κ3) is 4.09. The predicted molar refractivity (Wildman–Crippen MR) is 80.5 cm³/mol. The van der Waals surface area contributed by atoms with Crippen molar-refractivity contribution in [3.8, 4) is 0 Å². The first kappa shape index (κ1) is 15.1. The summed E-state index contributed by atoms with van der Waals surface area (Å²) in [5.41, 5.74) is 0.295. The lowest BCUT2D eigenvalue weighted by Crippen LogP contribution is -2.39. The molecule has 2 rings (SSSR count). The Bertz CT molecular complexity index is 521. The van der Waals surface area contributed by atoms with Crippen molar-refractivity contribution in [1.29, 1.82) is 0 Å². The van der Waals surface area contributed by atoms with Crippen LogP contribution in [0.25, 0.3) is 0 Å². The van der Waals surface area contributed by atoms with Crippen molar-refractivity contribution < 1.29 is 9.72 Å².